The number of rotatable bonds is 4. The lowest BCUT2D eigenvalue weighted by atomic mass is 10.1. The van der Waals surface area contributed by atoms with E-state index >= 15 is 0 Å². The summed E-state index contributed by atoms with van der Waals surface area (Å²) in [6.07, 6.45) is 0. The van der Waals surface area contributed by atoms with Gasteiger partial charge in [0.2, 0.25) is 0 Å². The van der Waals surface area contributed by atoms with Crippen LogP contribution in [0.4, 0.5) is 0 Å². The highest BCUT2D eigenvalue weighted by molar-refractivity contribution is 6.20. The fourth-order valence-electron chi connectivity index (χ4n) is 3.62. The fourth-order valence-corrected chi connectivity index (χ4v) is 3.62. The number of nitrogens with one attached hydrogen (secondary N) is 3. The summed E-state index contributed by atoms with van der Waals surface area (Å²) >= 11 is 0. The average Bonchev–Trinajstić information content (AvgIpc) is 2.98. The van der Waals surface area contributed by atoms with Gasteiger partial charge in [-0.2, -0.15) is 0 Å². The molecule has 2 aromatic rings. The summed E-state index contributed by atoms with van der Waals surface area (Å²) in [5.41, 5.74) is 6.02. The lowest BCUT2D eigenvalue weighted by Gasteiger charge is -2.25. The number of nitrogens with zero attached hydrogens (tertiary/aromatic N) is 3. The third kappa shape index (κ3) is 4.68. The lowest BCUT2D eigenvalue weighted by Crippen LogP contribution is -2.47. The molecule has 2 aliphatic heterocycles. The van der Waals surface area contributed by atoms with Crippen LogP contribution in [0.1, 0.15) is 32.1 Å². The molecule has 0 radical (unpaired) electrons. The molecule has 0 saturated carbocycles. The summed E-state index contributed by atoms with van der Waals surface area (Å²) in [4.78, 5) is 31.8. The van der Waals surface area contributed by atoms with Crippen molar-refractivity contribution in [3.63, 3.8) is 0 Å². The Bertz CT molecular complexity index is 825. The van der Waals surface area contributed by atoms with Crippen LogP contribution in [0.15, 0.2) is 42.5 Å². The minimum absolute atomic E-state index is 0.281. The molecule has 1 aromatic carbocycles. The Hall–Kier alpha value is -2.65. The second-order valence-corrected chi connectivity index (χ2v) is 7.21. The van der Waals surface area contributed by atoms with Gasteiger partial charge >= 0.3 is 0 Å². The van der Waals surface area contributed by atoms with Crippen LogP contribution in [0.3, 0.4) is 0 Å². The smallest absolute Gasteiger partial charge is 0.276 e. The minimum atomic E-state index is -0.281. The fraction of sp³-hybridized carbons (Fsp3) is 0.381. The van der Waals surface area contributed by atoms with E-state index in [0.29, 0.717) is 17.7 Å². The molecule has 4 rings (SSSR count). The van der Waals surface area contributed by atoms with E-state index in [4.69, 9.17) is 0 Å². The maximum absolute atomic E-state index is 12.4. The summed E-state index contributed by atoms with van der Waals surface area (Å²) in [6.45, 7) is 6.20. The van der Waals surface area contributed by atoms with Gasteiger partial charge in [-0.25, -0.2) is 10.4 Å². The van der Waals surface area contributed by atoms with Crippen molar-refractivity contribution < 1.29 is 9.59 Å². The summed E-state index contributed by atoms with van der Waals surface area (Å²) in [6, 6.07) is 13.0. The van der Waals surface area contributed by atoms with Crippen LogP contribution >= 0.6 is 0 Å². The van der Waals surface area contributed by atoms with Gasteiger partial charge in [-0.1, -0.05) is 18.2 Å². The van der Waals surface area contributed by atoms with Crippen molar-refractivity contribution in [1.29, 1.82) is 0 Å². The molecule has 0 aliphatic carbocycles. The number of hydrogen-bond acceptors (Lipinski definition) is 7. The number of amides is 2. The summed E-state index contributed by atoms with van der Waals surface area (Å²) in [7, 11) is 0. The van der Waals surface area contributed by atoms with Crippen LogP contribution in [-0.2, 0) is 13.1 Å². The Labute approximate surface area is 170 Å². The van der Waals surface area contributed by atoms with Gasteiger partial charge in [0.25, 0.3) is 11.8 Å². The van der Waals surface area contributed by atoms with E-state index in [2.05, 4.69) is 25.9 Å². The maximum atomic E-state index is 12.4. The molecule has 3 N–H and O–H groups in total. The average molecular weight is 394 g/mol. The van der Waals surface area contributed by atoms with Crippen LogP contribution < -0.4 is 16.1 Å². The first-order valence-electron chi connectivity index (χ1n) is 10.0. The van der Waals surface area contributed by atoms with E-state index < -0.39 is 0 Å². The van der Waals surface area contributed by atoms with Crippen LogP contribution in [0.25, 0.3) is 0 Å². The summed E-state index contributed by atoms with van der Waals surface area (Å²) < 4.78 is 0. The van der Waals surface area contributed by atoms with Crippen LogP contribution in [-0.4, -0.2) is 66.0 Å². The molecule has 8 heteroatoms. The molecule has 8 nitrogen and oxygen atoms in total. The highest BCUT2D eigenvalue weighted by Gasteiger charge is 2.35. The predicted octanol–water partition coefficient (Wildman–Crippen LogP) is 0.377. The topological polar surface area (TPSA) is 89.6 Å². The van der Waals surface area contributed by atoms with E-state index in [0.717, 1.165) is 62.2 Å². The Morgan fingerprint density at radius 2 is 1.45 bits per heavy atom. The summed E-state index contributed by atoms with van der Waals surface area (Å²) in [5, 5.41) is 8.01. The normalized spacial score (nSPS) is 18.3. The zero-order chi connectivity index (χ0) is 20.1. The van der Waals surface area contributed by atoms with Crippen molar-refractivity contribution in [3.8, 4) is 0 Å². The molecule has 2 amide bonds. The van der Waals surface area contributed by atoms with E-state index in [1.165, 1.54) is 0 Å². The zero-order valence-corrected chi connectivity index (χ0v) is 16.4. The minimum Gasteiger partial charge on any atom is -0.310 e. The molecule has 152 valence electrons. The number of pyridine rings is 1. The van der Waals surface area contributed by atoms with Gasteiger partial charge in [0.15, 0.2) is 0 Å². The van der Waals surface area contributed by atoms with Crippen molar-refractivity contribution in [2.75, 3.05) is 39.3 Å². The van der Waals surface area contributed by atoms with Crippen LogP contribution in [0, 0.1) is 0 Å². The maximum Gasteiger partial charge on any atom is 0.276 e. The van der Waals surface area contributed by atoms with E-state index in [-0.39, 0.29) is 11.8 Å². The number of carbonyl (C=O) groups is 2. The molecule has 0 unspecified atom stereocenters. The second-order valence-electron chi connectivity index (χ2n) is 7.21. The monoisotopic (exact) mass is 394 g/mol. The van der Waals surface area contributed by atoms with E-state index in [1.54, 1.807) is 24.3 Å². The third-order valence-electron chi connectivity index (χ3n) is 5.18. The van der Waals surface area contributed by atoms with Gasteiger partial charge in [0, 0.05) is 52.4 Å². The number of carbonyl (C=O) groups excluding carboxylic acids is 2. The van der Waals surface area contributed by atoms with Gasteiger partial charge in [-0.3, -0.25) is 19.5 Å². The Morgan fingerprint density at radius 1 is 0.862 bits per heavy atom. The van der Waals surface area contributed by atoms with Gasteiger partial charge < -0.3 is 10.6 Å². The van der Waals surface area contributed by atoms with Gasteiger partial charge in [-0.05, 0) is 24.3 Å². The van der Waals surface area contributed by atoms with Gasteiger partial charge in [0.1, 0.15) is 0 Å². The van der Waals surface area contributed by atoms with Gasteiger partial charge in [-0.15, -0.1) is 0 Å². The molecular formula is C21H26N6O2. The first-order valence-corrected chi connectivity index (χ1v) is 10.0. The molecule has 0 atom stereocenters. The Kier molecular flexibility index (Phi) is 6.26. The highest BCUT2D eigenvalue weighted by Crippen LogP contribution is 2.20. The van der Waals surface area contributed by atoms with Crippen LogP contribution in [0.5, 0.6) is 0 Å². The van der Waals surface area contributed by atoms with Crippen molar-refractivity contribution in [3.05, 3.63) is 65.0 Å². The molecule has 2 aliphatic rings. The summed E-state index contributed by atoms with van der Waals surface area (Å²) in [5.74, 6) is -0.562. The van der Waals surface area contributed by atoms with Crippen molar-refractivity contribution in [1.82, 2.24) is 31.0 Å². The SMILES string of the molecule is O=C1c2ccccc2C(=O)N1NCCN1CCNCc2cccc(n2)CNCC1. The first-order chi connectivity index (χ1) is 14.2. The third-order valence-corrected chi connectivity index (χ3v) is 5.18. The Balaban J connectivity index is 1.28. The van der Waals surface area contributed by atoms with Crippen molar-refractivity contribution in [2.45, 2.75) is 13.1 Å². The molecule has 0 spiro atoms. The van der Waals surface area contributed by atoms with Gasteiger partial charge in [0.05, 0.1) is 22.5 Å². The molecule has 0 fully saturated rings. The second kappa shape index (κ2) is 9.23. The number of hydrogen-bond donors (Lipinski definition) is 3. The Morgan fingerprint density at radius 3 is 2.03 bits per heavy atom. The van der Waals surface area contributed by atoms with E-state index in [9.17, 15) is 9.59 Å². The molecule has 2 bridgehead atoms. The zero-order valence-electron chi connectivity index (χ0n) is 16.4. The number of benzene rings is 1. The van der Waals surface area contributed by atoms with Crippen molar-refractivity contribution >= 4 is 11.8 Å². The largest absolute Gasteiger partial charge is 0.310 e. The van der Waals surface area contributed by atoms with Crippen molar-refractivity contribution in [2.24, 2.45) is 0 Å². The van der Waals surface area contributed by atoms with Crippen LogP contribution in [0.2, 0.25) is 0 Å². The highest BCUT2D eigenvalue weighted by atomic mass is 16.2. The standard InChI is InChI=1S/C21H26N6O2/c28-20-18-6-1-2-7-19(18)21(29)27(20)24-10-13-26-11-8-22-14-16-4-3-5-17(25-16)15-23-9-12-26/h1-7,22-24H,8-15H2. The number of imide groups is 1. The number of fused-ring (bicyclic) bond motifs is 3. The number of hydrazine groups is 1. The predicted molar refractivity (Wildman–Crippen MR) is 109 cm³/mol. The molecule has 3 heterocycles. The molecule has 1 aromatic heterocycles. The first kappa shape index (κ1) is 19.7. The molecule has 29 heavy (non-hydrogen) atoms. The lowest BCUT2D eigenvalue weighted by molar-refractivity contribution is 0.0559. The molecule has 0 saturated heterocycles. The number of aromatic nitrogens is 1. The van der Waals surface area contributed by atoms with E-state index in [1.807, 2.05) is 18.2 Å². The molecular weight excluding hydrogens is 368 g/mol. The quantitative estimate of drug-likeness (QED) is 0.646.